The number of likely N-dealkylation sites (N-methyl/N-ethyl adjacent to an activating group) is 2. The van der Waals surface area contributed by atoms with Gasteiger partial charge in [0.2, 0.25) is 0 Å². The van der Waals surface area contributed by atoms with E-state index in [-0.39, 0.29) is 6.42 Å². The van der Waals surface area contributed by atoms with Gasteiger partial charge in [-0.1, -0.05) is 0 Å². The zero-order chi connectivity index (χ0) is 12.0. The molecule has 0 radical (unpaired) electrons. The van der Waals surface area contributed by atoms with Gasteiger partial charge in [0.05, 0.1) is 6.42 Å². The van der Waals surface area contributed by atoms with E-state index in [0.717, 1.165) is 39.3 Å². The third-order valence-electron chi connectivity index (χ3n) is 3.10. The molecule has 1 aliphatic heterocycles. The van der Waals surface area contributed by atoms with Crippen molar-refractivity contribution in [3.63, 3.8) is 0 Å². The quantitative estimate of drug-likeness (QED) is 0.674. The van der Waals surface area contributed by atoms with Crippen LogP contribution in [-0.4, -0.2) is 85.7 Å². The molecule has 0 amide bonds. The Balaban J connectivity index is 2.07. The van der Waals surface area contributed by atoms with Crippen LogP contribution in [0, 0.1) is 0 Å². The summed E-state index contributed by atoms with van der Waals surface area (Å²) in [6.45, 7) is 7.17. The molecule has 0 bridgehead atoms. The zero-order valence-corrected chi connectivity index (χ0v) is 10.4. The van der Waals surface area contributed by atoms with Crippen LogP contribution in [0.5, 0.6) is 0 Å². The fraction of sp³-hybridized carbons (Fsp3) is 0.909. The van der Waals surface area contributed by atoms with Gasteiger partial charge in [-0.05, 0) is 14.1 Å². The molecule has 5 nitrogen and oxygen atoms in total. The highest BCUT2D eigenvalue weighted by Gasteiger charge is 2.13. The van der Waals surface area contributed by atoms with Crippen molar-refractivity contribution in [2.24, 2.45) is 0 Å². The Morgan fingerprint density at radius 2 is 1.88 bits per heavy atom. The molecule has 1 saturated heterocycles. The third kappa shape index (κ3) is 5.44. The van der Waals surface area contributed by atoms with Gasteiger partial charge >= 0.3 is 5.97 Å². The number of nitrogens with zero attached hydrogens (tertiary/aromatic N) is 3. The molecule has 0 unspecified atom stereocenters. The van der Waals surface area contributed by atoms with Gasteiger partial charge in [-0.3, -0.25) is 9.69 Å². The number of hydrogen-bond acceptors (Lipinski definition) is 4. The van der Waals surface area contributed by atoms with Crippen molar-refractivity contribution in [3.8, 4) is 0 Å². The van der Waals surface area contributed by atoms with Gasteiger partial charge in [0.1, 0.15) is 0 Å². The van der Waals surface area contributed by atoms with Crippen LogP contribution in [0.4, 0.5) is 0 Å². The Kier molecular flexibility index (Phi) is 5.73. The van der Waals surface area contributed by atoms with Crippen molar-refractivity contribution in [2.75, 3.05) is 59.9 Å². The summed E-state index contributed by atoms with van der Waals surface area (Å²) < 4.78 is 0. The van der Waals surface area contributed by atoms with Gasteiger partial charge in [0.25, 0.3) is 0 Å². The number of piperazine rings is 1. The van der Waals surface area contributed by atoms with E-state index in [1.54, 1.807) is 0 Å². The van der Waals surface area contributed by atoms with Gasteiger partial charge in [-0.15, -0.1) is 0 Å². The van der Waals surface area contributed by atoms with E-state index >= 15 is 0 Å². The van der Waals surface area contributed by atoms with Gasteiger partial charge in [0.15, 0.2) is 0 Å². The van der Waals surface area contributed by atoms with E-state index in [9.17, 15) is 4.79 Å². The minimum atomic E-state index is -0.716. The smallest absolute Gasteiger partial charge is 0.304 e. The molecule has 0 aromatic carbocycles. The van der Waals surface area contributed by atoms with E-state index in [1.165, 1.54) is 0 Å². The number of carbonyl (C=O) groups is 1. The molecule has 94 valence electrons. The minimum absolute atomic E-state index is 0.235. The lowest BCUT2D eigenvalue weighted by molar-refractivity contribution is -0.137. The lowest BCUT2D eigenvalue weighted by atomic mass is 10.3. The molecule has 1 fully saturated rings. The van der Waals surface area contributed by atoms with Crippen LogP contribution in [0.25, 0.3) is 0 Å². The molecule has 5 heteroatoms. The number of hydrogen-bond donors (Lipinski definition) is 1. The first kappa shape index (κ1) is 13.4. The van der Waals surface area contributed by atoms with E-state index in [4.69, 9.17) is 5.11 Å². The van der Waals surface area contributed by atoms with Crippen LogP contribution in [0.3, 0.4) is 0 Å². The number of carboxylic acid groups (broad SMARTS) is 1. The molecule has 1 rings (SSSR count). The number of carboxylic acids is 1. The monoisotopic (exact) mass is 229 g/mol. The Morgan fingerprint density at radius 3 is 2.44 bits per heavy atom. The molecule has 16 heavy (non-hydrogen) atoms. The summed E-state index contributed by atoms with van der Waals surface area (Å²) in [6, 6.07) is 0. The largest absolute Gasteiger partial charge is 0.481 e. The summed E-state index contributed by atoms with van der Waals surface area (Å²) in [7, 11) is 4.13. The van der Waals surface area contributed by atoms with Gasteiger partial charge < -0.3 is 14.9 Å². The Hall–Kier alpha value is -0.650. The van der Waals surface area contributed by atoms with Crippen LogP contribution in [0.1, 0.15) is 6.42 Å². The van der Waals surface area contributed by atoms with E-state index in [1.807, 2.05) is 7.05 Å². The van der Waals surface area contributed by atoms with Crippen molar-refractivity contribution in [3.05, 3.63) is 0 Å². The maximum Gasteiger partial charge on any atom is 0.304 e. The number of aliphatic carboxylic acids is 1. The average Bonchev–Trinajstić information content (AvgIpc) is 2.25. The van der Waals surface area contributed by atoms with Crippen LogP contribution in [0.2, 0.25) is 0 Å². The van der Waals surface area contributed by atoms with Gasteiger partial charge in [-0.25, -0.2) is 0 Å². The standard InChI is InChI=1S/C11H23N3O2/c1-12(4-3-11(15)16)5-8-14-9-6-13(2)7-10-14/h3-10H2,1-2H3,(H,15,16). The molecular weight excluding hydrogens is 206 g/mol. The van der Waals surface area contributed by atoms with Crippen molar-refractivity contribution in [1.82, 2.24) is 14.7 Å². The second-order valence-corrected chi connectivity index (χ2v) is 4.59. The molecule has 1 N–H and O–H groups in total. The summed E-state index contributed by atoms with van der Waals surface area (Å²) in [5, 5.41) is 8.57. The Labute approximate surface area is 97.6 Å². The van der Waals surface area contributed by atoms with Gasteiger partial charge in [0, 0.05) is 45.8 Å². The topological polar surface area (TPSA) is 47.0 Å². The Morgan fingerprint density at radius 1 is 1.25 bits per heavy atom. The number of rotatable bonds is 6. The zero-order valence-electron chi connectivity index (χ0n) is 10.4. The van der Waals surface area contributed by atoms with Crippen molar-refractivity contribution in [2.45, 2.75) is 6.42 Å². The molecule has 0 saturated carbocycles. The first-order valence-corrected chi connectivity index (χ1v) is 5.89. The SMILES string of the molecule is CN(CCC(=O)O)CCN1CCN(C)CC1. The van der Waals surface area contributed by atoms with Crippen LogP contribution >= 0.6 is 0 Å². The summed E-state index contributed by atoms with van der Waals surface area (Å²) in [5.41, 5.74) is 0. The predicted molar refractivity (Wildman–Crippen MR) is 63.7 cm³/mol. The summed E-state index contributed by atoms with van der Waals surface area (Å²) in [4.78, 5) is 17.3. The second-order valence-electron chi connectivity index (χ2n) is 4.59. The molecule has 1 heterocycles. The molecule has 0 aromatic rings. The molecule has 1 aliphatic rings. The van der Waals surface area contributed by atoms with Crippen LogP contribution in [-0.2, 0) is 4.79 Å². The fourth-order valence-corrected chi connectivity index (χ4v) is 1.78. The normalized spacial score (nSPS) is 19.2. The Bertz CT molecular complexity index is 215. The summed E-state index contributed by atoms with van der Waals surface area (Å²) in [5.74, 6) is -0.716. The average molecular weight is 229 g/mol. The van der Waals surface area contributed by atoms with E-state index in [2.05, 4.69) is 21.7 Å². The highest BCUT2D eigenvalue weighted by Crippen LogP contribution is 1.99. The van der Waals surface area contributed by atoms with Gasteiger partial charge in [-0.2, -0.15) is 0 Å². The lowest BCUT2D eigenvalue weighted by Gasteiger charge is -2.33. The minimum Gasteiger partial charge on any atom is -0.481 e. The molecule has 0 spiro atoms. The summed E-state index contributed by atoms with van der Waals surface area (Å²) >= 11 is 0. The van der Waals surface area contributed by atoms with E-state index < -0.39 is 5.97 Å². The molecule has 0 aromatic heterocycles. The molecule has 0 aliphatic carbocycles. The predicted octanol–water partition coefficient (Wildman–Crippen LogP) is -0.360. The molecule has 0 atom stereocenters. The fourth-order valence-electron chi connectivity index (χ4n) is 1.78. The summed E-state index contributed by atoms with van der Waals surface area (Å²) in [6.07, 6.45) is 0.235. The van der Waals surface area contributed by atoms with E-state index in [0.29, 0.717) is 6.54 Å². The lowest BCUT2D eigenvalue weighted by Crippen LogP contribution is -2.46. The van der Waals surface area contributed by atoms with Crippen molar-refractivity contribution in [1.29, 1.82) is 0 Å². The third-order valence-corrected chi connectivity index (χ3v) is 3.10. The van der Waals surface area contributed by atoms with Crippen LogP contribution in [0.15, 0.2) is 0 Å². The van der Waals surface area contributed by atoms with Crippen molar-refractivity contribution < 1.29 is 9.90 Å². The maximum atomic E-state index is 10.4. The van der Waals surface area contributed by atoms with Crippen molar-refractivity contribution >= 4 is 5.97 Å². The first-order valence-electron chi connectivity index (χ1n) is 5.89. The first-order chi connectivity index (χ1) is 7.58. The second kappa shape index (κ2) is 6.83. The highest BCUT2D eigenvalue weighted by molar-refractivity contribution is 5.66. The van der Waals surface area contributed by atoms with Crippen LogP contribution < -0.4 is 0 Å². The highest BCUT2D eigenvalue weighted by atomic mass is 16.4. The molecular formula is C11H23N3O2. The maximum absolute atomic E-state index is 10.4.